The maximum atomic E-state index is 11.6. The molecule has 86 valence electrons. The molecule has 2 rings (SSSR count). The van der Waals surface area contributed by atoms with E-state index in [1.54, 1.807) is 0 Å². The summed E-state index contributed by atoms with van der Waals surface area (Å²) in [5.41, 5.74) is 0. The molecule has 2 saturated carbocycles. The third-order valence-electron chi connectivity index (χ3n) is 5.12. The zero-order chi connectivity index (χ0) is 11.0. The highest BCUT2D eigenvalue weighted by atomic mass is 16.1. The average Bonchev–Trinajstić information content (AvgIpc) is 2.53. The molecule has 15 heavy (non-hydrogen) atoms. The van der Waals surface area contributed by atoms with Crippen molar-refractivity contribution in [1.82, 2.24) is 0 Å². The summed E-state index contributed by atoms with van der Waals surface area (Å²) in [5.74, 6) is 4.20. The summed E-state index contributed by atoms with van der Waals surface area (Å²) < 4.78 is 0. The highest BCUT2D eigenvalue weighted by Gasteiger charge is 2.38. The average molecular weight is 208 g/mol. The molecule has 1 nitrogen and oxygen atoms in total. The van der Waals surface area contributed by atoms with E-state index in [1.807, 2.05) is 0 Å². The molecule has 2 aliphatic rings. The van der Waals surface area contributed by atoms with Crippen LogP contribution in [0.2, 0.25) is 0 Å². The number of carbonyl (C=O) groups is 1. The standard InChI is InChI=1S/C14H24O/c1-9-4-5-12(8-10(9)2)13-6-7-14(15)11(13)3/h9-13H,4-8H2,1-3H3. The lowest BCUT2D eigenvalue weighted by atomic mass is 9.69. The minimum absolute atomic E-state index is 0.357. The van der Waals surface area contributed by atoms with Gasteiger partial charge in [-0.1, -0.05) is 27.2 Å². The van der Waals surface area contributed by atoms with E-state index in [0.717, 1.165) is 24.2 Å². The summed E-state index contributed by atoms with van der Waals surface area (Å²) in [6.45, 7) is 6.92. The topological polar surface area (TPSA) is 17.1 Å². The molecule has 5 atom stereocenters. The van der Waals surface area contributed by atoms with E-state index in [2.05, 4.69) is 20.8 Å². The normalized spacial score (nSPS) is 47.1. The Bertz CT molecular complexity index is 246. The summed E-state index contributed by atoms with van der Waals surface area (Å²) in [4.78, 5) is 11.6. The molecule has 0 bridgehead atoms. The van der Waals surface area contributed by atoms with Gasteiger partial charge in [0.25, 0.3) is 0 Å². The molecule has 0 aromatic rings. The van der Waals surface area contributed by atoms with E-state index >= 15 is 0 Å². The van der Waals surface area contributed by atoms with Crippen molar-refractivity contribution in [1.29, 1.82) is 0 Å². The molecule has 2 aliphatic carbocycles. The third kappa shape index (κ3) is 2.11. The van der Waals surface area contributed by atoms with Crippen LogP contribution in [0, 0.1) is 29.6 Å². The number of hydrogen-bond acceptors (Lipinski definition) is 1. The van der Waals surface area contributed by atoms with E-state index < -0.39 is 0 Å². The number of hydrogen-bond donors (Lipinski definition) is 0. The number of ketones is 1. The zero-order valence-corrected chi connectivity index (χ0v) is 10.3. The van der Waals surface area contributed by atoms with Crippen LogP contribution in [0.15, 0.2) is 0 Å². The Kier molecular flexibility index (Phi) is 3.18. The first-order valence-electron chi connectivity index (χ1n) is 6.62. The molecule has 0 aliphatic heterocycles. The fourth-order valence-corrected chi connectivity index (χ4v) is 3.65. The van der Waals surface area contributed by atoms with Gasteiger partial charge in [-0.25, -0.2) is 0 Å². The first-order chi connectivity index (χ1) is 7.09. The zero-order valence-electron chi connectivity index (χ0n) is 10.3. The van der Waals surface area contributed by atoms with Crippen LogP contribution in [-0.4, -0.2) is 5.78 Å². The first-order valence-corrected chi connectivity index (χ1v) is 6.62. The van der Waals surface area contributed by atoms with Crippen molar-refractivity contribution in [2.45, 2.75) is 52.9 Å². The second-order valence-electron chi connectivity index (χ2n) is 5.99. The SMILES string of the molecule is CC1CCC(C2CCC(=O)C2C)CC1C. The molecule has 1 heteroatoms. The van der Waals surface area contributed by atoms with Gasteiger partial charge < -0.3 is 0 Å². The number of rotatable bonds is 1. The smallest absolute Gasteiger partial charge is 0.135 e. The second-order valence-corrected chi connectivity index (χ2v) is 5.99. The highest BCUT2D eigenvalue weighted by molar-refractivity contribution is 5.83. The molecule has 0 aromatic carbocycles. The van der Waals surface area contributed by atoms with Crippen LogP contribution in [-0.2, 0) is 4.79 Å². The molecule has 0 saturated heterocycles. The third-order valence-corrected chi connectivity index (χ3v) is 5.12. The Balaban J connectivity index is 1.97. The maximum Gasteiger partial charge on any atom is 0.135 e. The minimum atomic E-state index is 0.357. The molecule has 5 unspecified atom stereocenters. The van der Waals surface area contributed by atoms with Crippen molar-refractivity contribution in [3.05, 3.63) is 0 Å². The molecule has 0 heterocycles. The fraction of sp³-hybridized carbons (Fsp3) is 0.929. The summed E-state index contributed by atoms with van der Waals surface area (Å²) in [6.07, 6.45) is 6.14. The van der Waals surface area contributed by atoms with Gasteiger partial charge in [-0.3, -0.25) is 4.79 Å². The molecule has 0 spiro atoms. The monoisotopic (exact) mass is 208 g/mol. The summed E-state index contributed by atoms with van der Waals surface area (Å²) in [6, 6.07) is 0. The highest BCUT2D eigenvalue weighted by Crippen LogP contribution is 2.44. The van der Waals surface area contributed by atoms with Gasteiger partial charge >= 0.3 is 0 Å². The first kappa shape index (κ1) is 11.2. The van der Waals surface area contributed by atoms with Crippen molar-refractivity contribution in [3.63, 3.8) is 0 Å². The molecular weight excluding hydrogens is 184 g/mol. The van der Waals surface area contributed by atoms with Gasteiger partial charge in [-0.05, 0) is 42.9 Å². The van der Waals surface area contributed by atoms with Crippen LogP contribution in [0.1, 0.15) is 52.9 Å². The van der Waals surface area contributed by atoms with Crippen LogP contribution < -0.4 is 0 Å². The van der Waals surface area contributed by atoms with E-state index in [9.17, 15) is 4.79 Å². The van der Waals surface area contributed by atoms with Gasteiger partial charge in [-0.2, -0.15) is 0 Å². The molecular formula is C14H24O. The van der Waals surface area contributed by atoms with Crippen molar-refractivity contribution in [3.8, 4) is 0 Å². The molecule has 0 amide bonds. The van der Waals surface area contributed by atoms with E-state index in [4.69, 9.17) is 0 Å². The fourth-order valence-electron chi connectivity index (χ4n) is 3.65. The van der Waals surface area contributed by atoms with Crippen LogP contribution in [0.25, 0.3) is 0 Å². The van der Waals surface area contributed by atoms with Crippen LogP contribution in [0.5, 0.6) is 0 Å². The largest absolute Gasteiger partial charge is 0.299 e. The van der Waals surface area contributed by atoms with E-state index in [-0.39, 0.29) is 0 Å². The maximum absolute atomic E-state index is 11.6. The summed E-state index contributed by atoms with van der Waals surface area (Å²) >= 11 is 0. The quantitative estimate of drug-likeness (QED) is 0.642. The number of Topliss-reactive ketones (excluding diaryl/α,β-unsaturated/α-hetero) is 1. The number of carbonyl (C=O) groups excluding carboxylic acids is 1. The summed E-state index contributed by atoms with van der Waals surface area (Å²) in [7, 11) is 0. The van der Waals surface area contributed by atoms with Gasteiger partial charge in [0.2, 0.25) is 0 Å². The van der Waals surface area contributed by atoms with Crippen molar-refractivity contribution >= 4 is 5.78 Å². The molecule has 0 radical (unpaired) electrons. The lowest BCUT2D eigenvalue weighted by molar-refractivity contribution is -0.121. The van der Waals surface area contributed by atoms with Gasteiger partial charge in [-0.15, -0.1) is 0 Å². The van der Waals surface area contributed by atoms with E-state index in [0.29, 0.717) is 17.6 Å². The van der Waals surface area contributed by atoms with Crippen molar-refractivity contribution in [2.75, 3.05) is 0 Å². The Labute approximate surface area is 93.6 Å². The predicted molar refractivity (Wildman–Crippen MR) is 62.6 cm³/mol. The van der Waals surface area contributed by atoms with Crippen LogP contribution >= 0.6 is 0 Å². The van der Waals surface area contributed by atoms with Gasteiger partial charge in [0.05, 0.1) is 0 Å². The van der Waals surface area contributed by atoms with Crippen molar-refractivity contribution in [2.24, 2.45) is 29.6 Å². The van der Waals surface area contributed by atoms with E-state index in [1.165, 1.54) is 25.7 Å². The molecule has 0 N–H and O–H groups in total. The van der Waals surface area contributed by atoms with Crippen molar-refractivity contribution < 1.29 is 4.79 Å². The van der Waals surface area contributed by atoms with Crippen LogP contribution in [0.4, 0.5) is 0 Å². The Morgan fingerprint density at radius 1 is 1.00 bits per heavy atom. The van der Waals surface area contributed by atoms with Gasteiger partial charge in [0.15, 0.2) is 0 Å². The Hall–Kier alpha value is -0.330. The molecule has 0 aromatic heterocycles. The second kappa shape index (κ2) is 4.27. The van der Waals surface area contributed by atoms with Gasteiger partial charge in [0, 0.05) is 12.3 Å². The Morgan fingerprint density at radius 2 is 1.73 bits per heavy atom. The Morgan fingerprint density at radius 3 is 2.27 bits per heavy atom. The lowest BCUT2D eigenvalue weighted by Gasteiger charge is -2.36. The van der Waals surface area contributed by atoms with Gasteiger partial charge in [0.1, 0.15) is 5.78 Å². The summed E-state index contributed by atoms with van der Waals surface area (Å²) in [5, 5.41) is 0. The van der Waals surface area contributed by atoms with Crippen LogP contribution in [0.3, 0.4) is 0 Å². The predicted octanol–water partition coefficient (Wildman–Crippen LogP) is 3.67. The lowest BCUT2D eigenvalue weighted by Crippen LogP contribution is -2.28. The molecule has 2 fully saturated rings. The minimum Gasteiger partial charge on any atom is -0.299 e.